The van der Waals surface area contributed by atoms with Crippen molar-refractivity contribution in [1.29, 1.82) is 0 Å². The largest absolute Gasteiger partial charge is 0.361 e. The lowest BCUT2D eigenvalue weighted by Crippen LogP contribution is -2.27. The van der Waals surface area contributed by atoms with Crippen LogP contribution in [0.5, 0.6) is 0 Å². The van der Waals surface area contributed by atoms with Gasteiger partial charge < -0.3 is 15.3 Å². The fourth-order valence-electron chi connectivity index (χ4n) is 4.64. The zero-order valence-electron chi connectivity index (χ0n) is 19.6. The third kappa shape index (κ3) is 3.76. The van der Waals surface area contributed by atoms with E-state index in [1.165, 1.54) is 18.6 Å². The highest BCUT2D eigenvalue weighted by Gasteiger charge is 2.24. The Kier molecular flexibility index (Phi) is 5.54. The molecule has 37 heavy (non-hydrogen) atoms. The van der Waals surface area contributed by atoms with E-state index in [2.05, 4.69) is 30.2 Å². The fraction of sp³-hybridized carbons (Fsp3) is 0.0741. The minimum atomic E-state index is -0.519. The van der Waals surface area contributed by atoms with Crippen LogP contribution in [0, 0.1) is 0 Å². The Bertz CT molecular complexity index is 1870. The van der Waals surface area contributed by atoms with Crippen molar-refractivity contribution >= 4 is 39.2 Å². The molecule has 0 fully saturated rings. The molecular formula is C27H20ClN7O2. The molecule has 0 aliphatic heterocycles. The monoisotopic (exact) mass is 509 g/mol. The Morgan fingerprint density at radius 1 is 0.919 bits per heavy atom. The first kappa shape index (κ1) is 22.7. The average molecular weight is 510 g/mol. The number of aromatic nitrogens is 6. The molecule has 0 amide bonds. The van der Waals surface area contributed by atoms with E-state index < -0.39 is 6.04 Å². The maximum atomic E-state index is 14.2. The molecule has 0 spiro atoms. The van der Waals surface area contributed by atoms with Crippen molar-refractivity contribution in [3.05, 3.63) is 111 Å². The molecule has 0 aliphatic rings. The summed E-state index contributed by atoms with van der Waals surface area (Å²) in [5.74, 6) is 0.913. The molecule has 0 unspecified atom stereocenters. The third-order valence-electron chi connectivity index (χ3n) is 6.26. The number of fused-ring (bicyclic) bond motifs is 2. The van der Waals surface area contributed by atoms with Crippen LogP contribution in [0.25, 0.3) is 38.9 Å². The van der Waals surface area contributed by atoms with Gasteiger partial charge in [0.1, 0.15) is 29.0 Å². The number of imidazole rings is 1. The molecule has 0 saturated heterocycles. The van der Waals surface area contributed by atoms with E-state index >= 15 is 0 Å². The van der Waals surface area contributed by atoms with Crippen LogP contribution in [0.4, 0.5) is 5.82 Å². The number of hydrogen-bond donors (Lipinski definition) is 3. The van der Waals surface area contributed by atoms with Gasteiger partial charge in [0.25, 0.3) is 5.56 Å². The first-order valence-corrected chi connectivity index (χ1v) is 11.9. The second kappa shape index (κ2) is 9.03. The summed E-state index contributed by atoms with van der Waals surface area (Å²) in [4.78, 5) is 45.7. The van der Waals surface area contributed by atoms with Crippen molar-refractivity contribution < 1.29 is 0 Å². The normalized spacial score (nSPS) is 12.2. The maximum absolute atomic E-state index is 14.2. The van der Waals surface area contributed by atoms with Crippen LogP contribution in [-0.2, 0) is 0 Å². The van der Waals surface area contributed by atoms with E-state index in [-0.39, 0.29) is 11.0 Å². The second-order valence-corrected chi connectivity index (χ2v) is 8.87. The number of hydrogen-bond acceptors (Lipinski definition) is 6. The molecule has 0 bridgehead atoms. The van der Waals surface area contributed by atoms with Crippen molar-refractivity contribution in [2.75, 3.05) is 5.32 Å². The molecule has 6 rings (SSSR count). The number of nitrogens with one attached hydrogen (secondary N) is 3. The van der Waals surface area contributed by atoms with Gasteiger partial charge >= 0.3 is 0 Å². The third-order valence-corrected chi connectivity index (χ3v) is 6.66. The van der Waals surface area contributed by atoms with Crippen molar-refractivity contribution in [2.24, 2.45) is 0 Å². The summed E-state index contributed by atoms with van der Waals surface area (Å²) in [7, 11) is 0. The molecule has 2 aromatic carbocycles. The van der Waals surface area contributed by atoms with E-state index in [1.54, 1.807) is 17.0 Å². The predicted molar refractivity (Wildman–Crippen MR) is 144 cm³/mol. The predicted octanol–water partition coefficient (Wildman–Crippen LogP) is 4.84. The second-order valence-electron chi connectivity index (χ2n) is 8.50. The van der Waals surface area contributed by atoms with Gasteiger partial charge in [-0.25, -0.2) is 15.0 Å². The van der Waals surface area contributed by atoms with Crippen LogP contribution in [0.15, 0.2) is 89.1 Å². The summed E-state index contributed by atoms with van der Waals surface area (Å²) in [6.45, 7) is 1.87. The van der Waals surface area contributed by atoms with Gasteiger partial charge in [-0.2, -0.15) is 0 Å². The molecule has 0 aliphatic carbocycles. The number of pyridine rings is 2. The molecule has 10 heteroatoms. The zero-order valence-corrected chi connectivity index (χ0v) is 20.3. The van der Waals surface area contributed by atoms with Gasteiger partial charge in [-0.1, -0.05) is 48.0 Å². The molecule has 3 N–H and O–H groups in total. The summed E-state index contributed by atoms with van der Waals surface area (Å²) < 4.78 is 1.60. The van der Waals surface area contributed by atoms with Crippen LogP contribution in [0.3, 0.4) is 0 Å². The number of para-hydroxylation sites is 1. The van der Waals surface area contributed by atoms with Gasteiger partial charge in [0.15, 0.2) is 5.43 Å². The first-order chi connectivity index (χ1) is 18.0. The SMILES string of the molecule is C[C@H](Nc1ncnc2[nH]ccc(=O)c12)c1c(Cl)c2cccc(-c3ncc[nH]3)c2c(=O)n1-c1ccccc1. The Balaban J connectivity index is 1.62. The molecule has 9 nitrogen and oxygen atoms in total. The van der Waals surface area contributed by atoms with E-state index in [0.29, 0.717) is 55.4 Å². The van der Waals surface area contributed by atoms with E-state index in [9.17, 15) is 9.59 Å². The van der Waals surface area contributed by atoms with Crippen LogP contribution in [0.2, 0.25) is 5.02 Å². The summed E-state index contributed by atoms with van der Waals surface area (Å²) in [6, 6.07) is 15.7. The summed E-state index contributed by atoms with van der Waals surface area (Å²) in [5.41, 5.74) is 1.77. The molecule has 4 heterocycles. The van der Waals surface area contributed by atoms with Gasteiger partial charge in [0.2, 0.25) is 0 Å². The van der Waals surface area contributed by atoms with Crippen molar-refractivity contribution in [2.45, 2.75) is 13.0 Å². The summed E-state index contributed by atoms with van der Waals surface area (Å²) in [6.07, 6.45) is 6.25. The zero-order chi connectivity index (χ0) is 25.5. The summed E-state index contributed by atoms with van der Waals surface area (Å²) >= 11 is 7.08. The van der Waals surface area contributed by atoms with Crippen molar-refractivity contribution in [3.8, 4) is 17.1 Å². The Hall–Kier alpha value is -4.76. The van der Waals surface area contributed by atoms with Crippen LogP contribution in [0.1, 0.15) is 18.7 Å². The van der Waals surface area contributed by atoms with E-state index in [4.69, 9.17) is 11.6 Å². The lowest BCUT2D eigenvalue weighted by molar-refractivity contribution is 0.774. The lowest BCUT2D eigenvalue weighted by atomic mass is 10.0. The Morgan fingerprint density at radius 2 is 1.76 bits per heavy atom. The van der Waals surface area contributed by atoms with Gasteiger partial charge in [0.05, 0.1) is 22.1 Å². The van der Waals surface area contributed by atoms with Crippen LogP contribution < -0.4 is 16.3 Å². The summed E-state index contributed by atoms with van der Waals surface area (Å²) in [5, 5.41) is 5.07. The standard InChI is InChI=1S/C27H20ClN7O2/c1-15(34-26-21-19(36)10-11-29-25(21)32-14-33-26)23-22(28)17-8-5-9-18(24-30-12-13-31-24)20(17)27(37)35(23)16-6-3-2-4-7-16/h2-15H,1H3,(H,30,31)(H2,29,32,33,34,36)/t15-/m0/s1. The highest BCUT2D eigenvalue weighted by atomic mass is 35.5. The quantitative estimate of drug-likeness (QED) is 0.306. The Labute approximate surface area is 214 Å². The maximum Gasteiger partial charge on any atom is 0.264 e. The van der Waals surface area contributed by atoms with E-state index in [1.807, 2.05) is 55.5 Å². The Morgan fingerprint density at radius 3 is 2.54 bits per heavy atom. The molecule has 0 saturated carbocycles. The van der Waals surface area contributed by atoms with E-state index in [0.717, 1.165) is 0 Å². The highest BCUT2D eigenvalue weighted by Crippen LogP contribution is 2.35. The van der Waals surface area contributed by atoms with Crippen molar-refractivity contribution in [1.82, 2.24) is 29.5 Å². The smallest absolute Gasteiger partial charge is 0.264 e. The minimum Gasteiger partial charge on any atom is -0.361 e. The number of aromatic amines is 2. The topological polar surface area (TPSA) is 121 Å². The molecule has 4 aromatic heterocycles. The van der Waals surface area contributed by atoms with Gasteiger partial charge in [0, 0.05) is 41.3 Å². The number of H-pyrrole nitrogens is 2. The number of nitrogens with zero attached hydrogens (tertiary/aromatic N) is 4. The van der Waals surface area contributed by atoms with Gasteiger partial charge in [-0.15, -0.1) is 0 Å². The molecule has 1 atom stereocenters. The van der Waals surface area contributed by atoms with Crippen LogP contribution in [-0.4, -0.2) is 29.5 Å². The lowest BCUT2D eigenvalue weighted by Gasteiger charge is -2.23. The van der Waals surface area contributed by atoms with Crippen LogP contribution >= 0.6 is 11.6 Å². The number of anilines is 1. The molecule has 6 aromatic rings. The molecule has 182 valence electrons. The van der Waals surface area contributed by atoms with Crippen molar-refractivity contribution in [3.63, 3.8) is 0 Å². The first-order valence-electron chi connectivity index (χ1n) is 11.6. The highest BCUT2D eigenvalue weighted by molar-refractivity contribution is 6.36. The average Bonchev–Trinajstić information content (AvgIpc) is 3.46. The number of rotatable bonds is 5. The molecule has 0 radical (unpaired) electrons. The minimum absolute atomic E-state index is 0.225. The van der Waals surface area contributed by atoms with Gasteiger partial charge in [-0.3, -0.25) is 14.2 Å². The number of benzene rings is 2. The number of halogens is 1. The fourth-order valence-corrected chi connectivity index (χ4v) is 5.05. The van der Waals surface area contributed by atoms with Gasteiger partial charge in [-0.05, 0) is 19.1 Å². The molecular weight excluding hydrogens is 490 g/mol.